The first-order valence-electron chi connectivity index (χ1n) is 15.0. The zero-order valence-corrected chi connectivity index (χ0v) is 26.7. The molecule has 1 unspecified atom stereocenters. The number of benzene rings is 3. The Labute approximate surface area is 266 Å². The Morgan fingerprint density at radius 3 is 2.59 bits per heavy atom. The van der Waals surface area contributed by atoms with Crippen LogP contribution in [0.2, 0.25) is 5.02 Å². The summed E-state index contributed by atoms with van der Waals surface area (Å²) in [6.45, 7) is 2.80. The molecule has 0 amide bonds. The van der Waals surface area contributed by atoms with Crippen molar-refractivity contribution >= 4 is 49.2 Å². The number of sulfonamides is 1. The van der Waals surface area contributed by atoms with Crippen LogP contribution in [0.3, 0.4) is 0 Å². The van der Waals surface area contributed by atoms with Gasteiger partial charge in [-0.2, -0.15) is 4.37 Å². The van der Waals surface area contributed by atoms with Crippen molar-refractivity contribution in [1.82, 2.24) is 14.0 Å². The maximum Gasteiger partial charge on any atom is 0.303 e. The summed E-state index contributed by atoms with van der Waals surface area (Å²) in [5, 5.41) is 10.9. The van der Waals surface area contributed by atoms with E-state index >= 15 is 0 Å². The Hall–Kier alpha value is -2.89. The van der Waals surface area contributed by atoms with Crippen LogP contribution in [-0.2, 0) is 40.5 Å². The number of nitrogens with zero attached hydrogens (tertiary/aromatic N) is 2. The summed E-state index contributed by atoms with van der Waals surface area (Å²) in [5.74, 6) is -0.689. The number of nitrogens with one attached hydrogen (secondary N) is 1. The number of aryl methyl sites for hydroxylation is 1. The molecule has 3 aromatic carbocycles. The molecular formula is C33H35ClFN3O4S2. The molecule has 2 N–H and O–H groups in total. The zero-order valence-electron chi connectivity index (χ0n) is 24.3. The van der Waals surface area contributed by atoms with Crippen LogP contribution in [0.5, 0.6) is 0 Å². The molecule has 2 aliphatic rings. The van der Waals surface area contributed by atoms with Crippen LogP contribution in [0.4, 0.5) is 4.39 Å². The lowest BCUT2D eigenvalue weighted by atomic mass is 9.83. The number of carboxylic acids is 1. The molecule has 0 radical (unpaired) electrons. The number of piperidine rings is 1. The molecule has 0 saturated carbocycles. The van der Waals surface area contributed by atoms with Crippen LogP contribution in [0.1, 0.15) is 59.5 Å². The summed E-state index contributed by atoms with van der Waals surface area (Å²) in [5.41, 5.74) is 5.56. The minimum Gasteiger partial charge on any atom is -0.481 e. The second-order valence-corrected chi connectivity index (χ2v) is 14.8. The first kappa shape index (κ1) is 31.1. The molecule has 1 saturated heterocycles. The molecule has 1 fully saturated rings. The van der Waals surface area contributed by atoms with Gasteiger partial charge in [0.25, 0.3) is 0 Å². The van der Waals surface area contributed by atoms with Gasteiger partial charge in [0.05, 0.1) is 15.3 Å². The van der Waals surface area contributed by atoms with Crippen molar-refractivity contribution in [2.75, 3.05) is 19.6 Å². The summed E-state index contributed by atoms with van der Waals surface area (Å²) in [7, 11) is -3.69. The van der Waals surface area contributed by atoms with E-state index in [4.69, 9.17) is 11.6 Å². The van der Waals surface area contributed by atoms with Gasteiger partial charge in [-0.25, -0.2) is 17.5 Å². The zero-order chi connectivity index (χ0) is 30.8. The Balaban J connectivity index is 1.12. The standard InChI is InChI=1S/C33H35ClFN3O4S2/c34-25-2-6-28(7-3-25)44(41,42)37-27-5-9-29-23(1-10-32(39)40)17-21(18-24(29)19-27)11-14-38-15-12-22(13-16-38)33-30-8-4-26(35)20-31(30)43-36-33/h2-4,6-8,17-18,20,22,27,37H,1,5,9-16,19H2,(H,39,40). The third kappa shape index (κ3) is 7.15. The molecule has 1 aliphatic carbocycles. The largest absolute Gasteiger partial charge is 0.481 e. The molecule has 2 heterocycles. The van der Waals surface area contributed by atoms with E-state index < -0.39 is 16.0 Å². The Morgan fingerprint density at radius 2 is 1.84 bits per heavy atom. The van der Waals surface area contributed by atoms with Gasteiger partial charge in [0, 0.05) is 35.3 Å². The van der Waals surface area contributed by atoms with Crippen LogP contribution in [-0.4, -0.2) is 54.4 Å². The fraction of sp³-hybridized carbons (Fsp3) is 0.394. The molecule has 44 heavy (non-hydrogen) atoms. The summed E-state index contributed by atoms with van der Waals surface area (Å²) < 4.78 is 48.2. The van der Waals surface area contributed by atoms with Gasteiger partial charge >= 0.3 is 5.97 Å². The average molecular weight is 656 g/mol. The fourth-order valence-electron chi connectivity index (χ4n) is 6.61. The van der Waals surface area contributed by atoms with Crippen molar-refractivity contribution in [3.8, 4) is 0 Å². The molecule has 1 aromatic heterocycles. The summed E-state index contributed by atoms with van der Waals surface area (Å²) in [6, 6.07) is 15.2. The van der Waals surface area contributed by atoms with Crippen LogP contribution >= 0.6 is 23.1 Å². The first-order valence-corrected chi connectivity index (χ1v) is 17.7. The van der Waals surface area contributed by atoms with Crippen molar-refractivity contribution < 1.29 is 22.7 Å². The van der Waals surface area contributed by atoms with Gasteiger partial charge in [-0.15, -0.1) is 0 Å². The Kier molecular flexibility index (Phi) is 9.35. The summed E-state index contributed by atoms with van der Waals surface area (Å²) >= 11 is 7.31. The topological polar surface area (TPSA) is 99.6 Å². The highest BCUT2D eigenvalue weighted by Crippen LogP contribution is 2.35. The minimum atomic E-state index is -3.69. The van der Waals surface area contributed by atoms with E-state index in [2.05, 4.69) is 26.1 Å². The third-order valence-electron chi connectivity index (χ3n) is 8.91. The second-order valence-electron chi connectivity index (χ2n) is 11.9. The molecule has 7 nitrogen and oxygen atoms in total. The molecule has 0 spiro atoms. The van der Waals surface area contributed by atoms with E-state index in [0.717, 1.165) is 76.9 Å². The maximum absolute atomic E-state index is 13.6. The Bertz CT molecular complexity index is 1770. The number of carboxylic acid groups (broad SMARTS) is 1. The van der Waals surface area contributed by atoms with Crippen LogP contribution in [0, 0.1) is 5.82 Å². The number of hydrogen-bond acceptors (Lipinski definition) is 6. The van der Waals surface area contributed by atoms with Crippen LogP contribution in [0.15, 0.2) is 59.5 Å². The number of halogens is 2. The van der Waals surface area contributed by atoms with E-state index in [1.54, 1.807) is 18.2 Å². The number of carbonyl (C=O) groups is 1. The molecule has 4 aromatic rings. The van der Waals surface area contributed by atoms with Gasteiger partial charge in [-0.3, -0.25) is 4.79 Å². The molecule has 11 heteroatoms. The summed E-state index contributed by atoms with van der Waals surface area (Å²) in [4.78, 5) is 14.1. The highest BCUT2D eigenvalue weighted by atomic mass is 35.5. The Morgan fingerprint density at radius 1 is 1.07 bits per heavy atom. The highest BCUT2D eigenvalue weighted by molar-refractivity contribution is 7.89. The van der Waals surface area contributed by atoms with E-state index in [0.29, 0.717) is 36.6 Å². The van der Waals surface area contributed by atoms with Crippen LogP contribution in [0.25, 0.3) is 10.1 Å². The monoisotopic (exact) mass is 655 g/mol. The van der Waals surface area contributed by atoms with Crippen LogP contribution < -0.4 is 4.72 Å². The number of aliphatic carboxylic acids is 1. The molecule has 1 aliphatic heterocycles. The molecule has 0 bridgehead atoms. The molecule has 6 rings (SSSR count). The van der Waals surface area contributed by atoms with Gasteiger partial charge in [-0.1, -0.05) is 23.7 Å². The smallest absolute Gasteiger partial charge is 0.303 e. The van der Waals surface area contributed by atoms with Crippen molar-refractivity contribution in [3.05, 3.63) is 93.4 Å². The second kappa shape index (κ2) is 13.2. The van der Waals surface area contributed by atoms with Crippen molar-refractivity contribution in [2.45, 2.75) is 68.2 Å². The minimum absolute atomic E-state index is 0.0635. The molecule has 1 atom stereocenters. The van der Waals surface area contributed by atoms with E-state index in [1.807, 2.05) is 6.07 Å². The number of rotatable bonds is 10. The van der Waals surface area contributed by atoms with Gasteiger partial charge in [0.1, 0.15) is 5.82 Å². The third-order valence-corrected chi connectivity index (χ3v) is 11.5. The first-order chi connectivity index (χ1) is 21.1. The number of hydrogen-bond donors (Lipinski definition) is 2. The van der Waals surface area contributed by atoms with E-state index in [9.17, 15) is 22.7 Å². The number of aromatic nitrogens is 1. The van der Waals surface area contributed by atoms with E-state index in [1.165, 1.54) is 29.7 Å². The van der Waals surface area contributed by atoms with Gasteiger partial charge in [0.15, 0.2) is 0 Å². The number of fused-ring (bicyclic) bond motifs is 2. The average Bonchev–Trinajstić information content (AvgIpc) is 3.42. The van der Waals surface area contributed by atoms with Crippen molar-refractivity contribution in [2.24, 2.45) is 0 Å². The predicted molar refractivity (Wildman–Crippen MR) is 172 cm³/mol. The van der Waals surface area contributed by atoms with Crippen molar-refractivity contribution in [1.29, 1.82) is 0 Å². The van der Waals surface area contributed by atoms with E-state index in [-0.39, 0.29) is 23.2 Å². The predicted octanol–water partition coefficient (Wildman–Crippen LogP) is 6.36. The SMILES string of the molecule is O=C(O)CCc1cc(CCN2CCC(c3nsc4cc(F)ccc34)CC2)cc2c1CCC(NS(=O)(=O)c1ccc(Cl)cc1)C2. The lowest BCUT2D eigenvalue weighted by molar-refractivity contribution is -0.136. The highest BCUT2D eigenvalue weighted by Gasteiger charge is 2.27. The number of likely N-dealkylation sites (tertiary alicyclic amines) is 1. The van der Waals surface area contributed by atoms with Gasteiger partial charge < -0.3 is 10.0 Å². The normalized spacial score (nSPS) is 18.0. The molecular weight excluding hydrogens is 621 g/mol. The quantitative estimate of drug-likeness (QED) is 0.206. The van der Waals surface area contributed by atoms with Gasteiger partial charge in [-0.05, 0) is 134 Å². The fourth-order valence-corrected chi connectivity index (χ4v) is 8.89. The van der Waals surface area contributed by atoms with Crippen molar-refractivity contribution in [3.63, 3.8) is 0 Å². The lowest BCUT2D eigenvalue weighted by Gasteiger charge is -2.32. The lowest BCUT2D eigenvalue weighted by Crippen LogP contribution is -2.39. The van der Waals surface area contributed by atoms with Gasteiger partial charge in [0.2, 0.25) is 10.0 Å². The maximum atomic E-state index is 13.6. The molecule has 232 valence electrons. The summed E-state index contributed by atoms with van der Waals surface area (Å²) in [6.07, 6.45) is 5.27.